The Labute approximate surface area is 119 Å². The third kappa shape index (κ3) is 3.22. The van der Waals surface area contributed by atoms with E-state index >= 15 is 0 Å². The van der Waals surface area contributed by atoms with E-state index in [9.17, 15) is 8.42 Å². The molecule has 0 aromatic heterocycles. The molecule has 19 heavy (non-hydrogen) atoms. The Hall–Kier alpha value is -0.780. The Morgan fingerprint density at radius 1 is 1.47 bits per heavy atom. The van der Waals surface area contributed by atoms with Gasteiger partial charge >= 0.3 is 0 Å². The Kier molecular flexibility index (Phi) is 4.08. The number of hydrogen-bond donors (Lipinski definition) is 1. The maximum absolute atomic E-state index is 11.5. The van der Waals surface area contributed by atoms with Crippen LogP contribution in [0.5, 0.6) is 0 Å². The van der Waals surface area contributed by atoms with Crippen LogP contribution in [0.1, 0.15) is 24.9 Å². The quantitative estimate of drug-likeness (QED) is 0.927. The van der Waals surface area contributed by atoms with Crippen LogP contribution in [0.2, 0.25) is 5.02 Å². The summed E-state index contributed by atoms with van der Waals surface area (Å²) < 4.78 is 23.0. The normalized spacial score (nSPS) is 23.3. The molecule has 0 radical (unpaired) electrons. The highest BCUT2D eigenvalue weighted by molar-refractivity contribution is 7.91. The molecule has 1 saturated heterocycles. The molecule has 0 amide bonds. The van der Waals surface area contributed by atoms with Gasteiger partial charge < -0.3 is 10.6 Å². The fraction of sp³-hybridized carbons (Fsp3) is 0.538. The second-order valence-electron chi connectivity index (χ2n) is 5.16. The summed E-state index contributed by atoms with van der Waals surface area (Å²) in [6.45, 7) is 1.88. The van der Waals surface area contributed by atoms with Crippen molar-refractivity contribution in [2.75, 3.05) is 23.5 Å². The minimum absolute atomic E-state index is 0.0298. The third-order valence-corrected chi connectivity index (χ3v) is 5.72. The lowest BCUT2D eigenvalue weighted by Crippen LogP contribution is -2.32. The third-order valence-electron chi connectivity index (χ3n) is 3.64. The largest absolute Gasteiger partial charge is 0.371 e. The van der Waals surface area contributed by atoms with Crippen molar-refractivity contribution in [3.63, 3.8) is 0 Å². The van der Waals surface area contributed by atoms with Crippen molar-refractivity contribution in [3.8, 4) is 0 Å². The summed E-state index contributed by atoms with van der Waals surface area (Å²) in [5.41, 5.74) is 7.65. The number of nitrogens with zero attached hydrogens (tertiary/aromatic N) is 1. The minimum Gasteiger partial charge on any atom is -0.371 e. The van der Waals surface area contributed by atoms with E-state index in [1.54, 1.807) is 0 Å². The first-order valence-corrected chi connectivity index (χ1v) is 8.48. The molecule has 1 fully saturated rings. The molecular weight excluding hydrogens is 284 g/mol. The summed E-state index contributed by atoms with van der Waals surface area (Å²) in [7, 11) is -0.969. The molecule has 4 nitrogen and oxygen atoms in total. The fourth-order valence-electron chi connectivity index (χ4n) is 2.40. The van der Waals surface area contributed by atoms with E-state index in [0.717, 1.165) is 11.3 Å². The molecule has 1 aromatic carbocycles. The highest BCUT2D eigenvalue weighted by atomic mass is 35.5. The zero-order chi connectivity index (χ0) is 14.2. The minimum atomic E-state index is -2.87. The van der Waals surface area contributed by atoms with Crippen molar-refractivity contribution < 1.29 is 8.42 Å². The molecule has 0 saturated carbocycles. The lowest BCUT2D eigenvalue weighted by Gasteiger charge is -2.26. The Balaban J connectivity index is 2.21. The molecule has 106 valence electrons. The van der Waals surface area contributed by atoms with Crippen molar-refractivity contribution in [2.45, 2.75) is 25.4 Å². The topological polar surface area (TPSA) is 63.4 Å². The predicted molar refractivity (Wildman–Crippen MR) is 79.5 cm³/mol. The molecule has 2 rings (SSSR count). The maximum atomic E-state index is 11.5. The van der Waals surface area contributed by atoms with Crippen LogP contribution in [0, 0.1) is 0 Å². The average Bonchev–Trinajstić information content (AvgIpc) is 2.68. The van der Waals surface area contributed by atoms with Gasteiger partial charge in [-0.1, -0.05) is 17.7 Å². The van der Waals surface area contributed by atoms with Crippen LogP contribution in [0.4, 0.5) is 5.69 Å². The lowest BCUT2D eigenvalue weighted by molar-refractivity contribution is 0.601. The SMILES string of the molecule is CC(N)c1ccc(N(C)C2CCS(=O)(=O)C2)cc1Cl. The molecular formula is C13H19ClN2O2S. The average molecular weight is 303 g/mol. The van der Waals surface area contributed by atoms with Gasteiger partial charge in [-0.05, 0) is 31.0 Å². The molecule has 2 N–H and O–H groups in total. The summed E-state index contributed by atoms with van der Waals surface area (Å²) in [5, 5.41) is 0.625. The van der Waals surface area contributed by atoms with E-state index < -0.39 is 9.84 Å². The predicted octanol–water partition coefficient (Wildman–Crippen LogP) is 1.98. The number of anilines is 1. The van der Waals surface area contributed by atoms with Crippen LogP contribution in [0.15, 0.2) is 18.2 Å². The molecule has 1 aliphatic heterocycles. The molecule has 0 spiro atoms. The molecule has 1 aromatic rings. The standard InChI is InChI=1S/C13H19ClN2O2S/c1-9(15)12-4-3-10(7-13(12)14)16(2)11-5-6-19(17,18)8-11/h3-4,7,9,11H,5-6,8,15H2,1-2H3. The van der Waals surface area contributed by atoms with Crippen molar-refractivity contribution >= 4 is 27.1 Å². The van der Waals surface area contributed by atoms with Crippen LogP contribution < -0.4 is 10.6 Å². The molecule has 1 aliphatic rings. The van der Waals surface area contributed by atoms with Crippen LogP contribution in [-0.2, 0) is 9.84 Å². The monoisotopic (exact) mass is 302 g/mol. The van der Waals surface area contributed by atoms with Crippen LogP contribution in [0.25, 0.3) is 0 Å². The second-order valence-corrected chi connectivity index (χ2v) is 7.80. The molecule has 0 bridgehead atoms. The second kappa shape index (κ2) is 5.31. The summed E-state index contributed by atoms with van der Waals surface area (Å²) >= 11 is 6.21. The molecule has 2 unspecified atom stereocenters. The smallest absolute Gasteiger partial charge is 0.152 e. The Morgan fingerprint density at radius 2 is 2.16 bits per heavy atom. The van der Waals surface area contributed by atoms with Gasteiger partial charge in [-0.15, -0.1) is 0 Å². The first kappa shape index (κ1) is 14.6. The van der Waals surface area contributed by atoms with Crippen LogP contribution in [0.3, 0.4) is 0 Å². The number of nitrogens with two attached hydrogens (primary N) is 1. The zero-order valence-electron chi connectivity index (χ0n) is 11.1. The van der Waals surface area contributed by atoms with Crippen molar-refractivity contribution in [1.29, 1.82) is 0 Å². The van der Waals surface area contributed by atoms with E-state index in [0.29, 0.717) is 11.4 Å². The van der Waals surface area contributed by atoms with E-state index in [-0.39, 0.29) is 23.6 Å². The molecule has 6 heteroatoms. The van der Waals surface area contributed by atoms with Gasteiger partial charge in [0.2, 0.25) is 0 Å². The number of hydrogen-bond acceptors (Lipinski definition) is 4. The van der Waals surface area contributed by atoms with Crippen molar-refractivity contribution in [2.24, 2.45) is 5.73 Å². The van der Waals surface area contributed by atoms with Crippen molar-refractivity contribution in [1.82, 2.24) is 0 Å². The summed E-state index contributed by atoms with van der Waals surface area (Å²) in [6.07, 6.45) is 0.672. The van der Waals surface area contributed by atoms with Gasteiger partial charge in [-0.25, -0.2) is 8.42 Å². The van der Waals surface area contributed by atoms with Crippen LogP contribution >= 0.6 is 11.6 Å². The van der Waals surface area contributed by atoms with Gasteiger partial charge in [0.25, 0.3) is 0 Å². The summed E-state index contributed by atoms with van der Waals surface area (Å²) in [4.78, 5) is 1.99. The number of sulfone groups is 1. The highest BCUT2D eigenvalue weighted by Gasteiger charge is 2.30. The van der Waals surface area contributed by atoms with E-state index in [2.05, 4.69) is 0 Å². The van der Waals surface area contributed by atoms with Gasteiger partial charge in [-0.2, -0.15) is 0 Å². The maximum Gasteiger partial charge on any atom is 0.152 e. The van der Waals surface area contributed by atoms with Gasteiger partial charge in [-0.3, -0.25) is 0 Å². The highest BCUT2D eigenvalue weighted by Crippen LogP contribution is 2.29. The lowest BCUT2D eigenvalue weighted by atomic mass is 10.1. The fourth-order valence-corrected chi connectivity index (χ4v) is 4.52. The first-order valence-electron chi connectivity index (χ1n) is 6.28. The van der Waals surface area contributed by atoms with E-state index in [4.69, 9.17) is 17.3 Å². The molecule has 0 aliphatic carbocycles. The van der Waals surface area contributed by atoms with Gasteiger partial charge in [0.1, 0.15) is 0 Å². The summed E-state index contributed by atoms with van der Waals surface area (Å²) in [6, 6.07) is 5.61. The van der Waals surface area contributed by atoms with Crippen LogP contribution in [-0.4, -0.2) is 33.0 Å². The summed E-state index contributed by atoms with van der Waals surface area (Å²) in [5.74, 6) is 0.490. The van der Waals surface area contributed by atoms with Gasteiger partial charge in [0, 0.05) is 29.8 Å². The van der Waals surface area contributed by atoms with E-state index in [1.165, 1.54) is 0 Å². The first-order chi connectivity index (χ1) is 8.80. The molecule has 1 heterocycles. The number of benzene rings is 1. The number of rotatable bonds is 3. The Morgan fingerprint density at radius 3 is 2.63 bits per heavy atom. The Bertz CT molecular complexity index is 572. The van der Waals surface area contributed by atoms with E-state index in [1.807, 2.05) is 37.1 Å². The molecule has 2 atom stereocenters. The van der Waals surface area contributed by atoms with Gasteiger partial charge in [0.05, 0.1) is 11.5 Å². The van der Waals surface area contributed by atoms with Gasteiger partial charge in [0.15, 0.2) is 9.84 Å². The number of halogens is 1. The van der Waals surface area contributed by atoms with Crippen molar-refractivity contribution in [3.05, 3.63) is 28.8 Å². The zero-order valence-corrected chi connectivity index (χ0v) is 12.7.